The first-order valence-electron chi connectivity index (χ1n) is 16.7. The number of methoxy groups -OCH3 is 3. The summed E-state index contributed by atoms with van der Waals surface area (Å²) in [4.78, 5) is 31.4. The highest BCUT2D eigenvalue weighted by molar-refractivity contribution is 6.35. The van der Waals surface area contributed by atoms with Gasteiger partial charge in [-0.25, -0.2) is 9.59 Å². The summed E-state index contributed by atoms with van der Waals surface area (Å²) in [7, 11) is 4.50. The Morgan fingerprint density at radius 1 is 0.962 bits per heavy atom. The van der Waals surface area contributed by atoms with Crippen LogP contribution >= 0.6 is 23.2 Å². The molecule has 1 N–H and O–H groups in total. The smallest absolute Gasteiger partial charge is 0.415 e. The lowest BCUT2D eigenvalue weighted by Crippen LogP contribution is -2.53. The lowest BCUT2D eigenvalue weighted by atomic mass is 9.86. The third-order valence-electron chi connectivity index (χ3n) is 9.52. The number of amides is 1. The SMILES string of the molecule is COc1ccc(O)c(N(Cc2cccc(C(=O)O[C@@H](Cc3c(Cl)c[n+]([O-])cc3Cl)c3ccc(OC)c(OC)c3)c2)C(=O)O[C@H]2CN3CCC2CC3)c1. The minimum atomic E-state index is -0.921. The first kappa shape index (κ1) is 36.9. The number of hydrogen-bond acceptors (Lipinski definition) is 10. The summed E-state index contributed by atoms with van der Waals surface area (Å²) >= 11 is 12.8. The molecule has 4 aromatic rings. The van der Waals surface area contributed by atoms with Crippen LogP contribution in [-0.4, -0.2) is 69.1 Å². The number of fused-ring (bicyclic) bond motifs is 3. The number of carbonyl (C=O) groups excluding carboxylic acids is 2. The van der Waals surface area contributed by atoms with E-state index in [1.165, 1.54) is 44.7 Å². The molecule has 274 valence electrons. The number of nitrogens with zero attached hydrogens (tertiary/aromatic N) is 3. The molecule has 2 atom stereocenters. The van der Waals surface area contributed by atoms with Crippen molar-refractivity contribution in [3.8, 4) is 23.0 Å². The Balaban J connectivity index is 1.28. The van der Waals surface area contributed by atoms with Crippen LogP contribution in [0, 0.1) is 11.1 Å². The van der Waals surface area contributed by atoms with E-state index >= 15 is 0 Å². The van der Waals surface area contributed by atoms with E-state index in [1.54, 1.807) is 54.6 Å². The van der Waals surface area contributed by atoms with Crippen molar-refractivity contribution in [3.63, 3.8) is 0 Å². The lowest BCUT2D eigenvalue weighted by molar-refractivity contribution is -0.605. The van der Waals surface area contributed by atoms with Gasteiger partial charge in [-0.15, -0.1) is 0 Å². The highest BCUT2D eigenvalue weighted by Gasteiger charge is 2.38. The Bertz CT molecular complexity index is 1910. The van der Waals surface area contributed by atoms with Gasteiger partial charge in [0.25, 0.3) is 0 Å². The summed E-state index contributed by atoms with van der Waals surface area (Å²) in [5.74, 6) is 0.793. The number of phenolic OH excluding ortho intramolecular Hbond substituents is 1. The Morgan fingerprint density at radius 3 is 2.35 bits per heavy atom. The molecule has 52 heavy (non-hydrogen) atoms. The van der Waals surface area contributed by atoms with Gasteiger partial charge in [0.05, 0.1) is 39.1 Å². The minimum Gasteiger partial charge on any atom is -0.619 e. The summed E-state index contributed by atoms with van der Waals surface area (Å²) in [5.41, 5.74) is 1.93. The Morgan fingerprint density at radius 2 is 1.69 bits per heavy atom. The topological polar surface area (TPSA) is 134 Å². The van der Waals surface area contributed by atoms with Crippen LogP contribution in [0.4, 0.5) is 10.5 Å². The fraction of sp³-hybridized carbons (Fsp3) is 0.342. The van der Waals surface area contributed by atoms with Crippen molar-refractivity contribution < 1.29 is 43.1 Å². The molecule has 3 aliphatic rings. The number of anilines is 1. The first-order chi connectivity index (χ1) is 25.1. The van der Waals surface area contributed by atoms with Crippen LogP contribution in [0.3, 0.4) is 0 Å². The number of carbonyl (C=O) groups is 2. The number of aromatic nitrogens is 1. The van der Waals surface area contributed by atoms with E-state index in [9.17, 15) is 19.9 Å². The van der Waals surface area contributed by atoms with Crippen LogP contribution in [0.15, 0.2) is 73.1 Å². The van der Waals surface area contributed by atoms with Gasteiger partial charge in [-0.05, 0) is 79.4 Å². The zero-order chi connectivity index (χ0) is 36.9. The third-order valence-corrected chi connectivity index (χ3v) is 10.2. The summed E-state index contributed by atoms with van der Waals surface area (Å²) in [6.07, 6.45) is 2.48. The van der Waals surface area contributed by atoms with Crippen molar-refractivity contribution in [1.29, 1.82) is 0 Å². The Hall–Kier alpha value is -4.91. The average molecular weight is 753 g/mol. The van der Waals surface area contributed by atoms with Gasteiger partial charge in [-0.1, -0.05) is 41.4 Å². The molecule has 3 aliphatic heterocycles. The van der Waals surface area contributed by atoms with E-state index in [1.807, 2.05) is 0 Å². The molecule has 3 saturated heterocycles. The molecule has 0 aliphatic carbocycles. The third kappa shape index (κ3) is 8.25. The van der Waals surface area contributed by atoms with Gasteiger partial charge >= 0.3 is 12.1 Å². The lowest BCUT2D eigenvalue weighted by Gasteiger charge is -2.44. The number of pyridine rings is 1. The second kappa shape index (κ2) is 16.2. The molecule has 2 bridgehead atoms. The number of rotatable bonds is 12. The number of phenols is 1. The number of esters is 1. The van der Waals surface area contributed by atoms with Gasteiger partial charge in [0.1, 0.15) is 33.8 Å². The number of halogens is 2. The fourth-order valence-electron chi connectivity index (χ4n) is 6.70. The molecule has 0 spiro atoms. The second-order valence-electron chi connectivity index (χ2n) is 12.7. The molecule has 1 aromatic heterocycles. The maximum Gasteiger partial charge on any atom is 0.415 e. The molecule has 0 saturated carbocycles. The van der Waals surface area contributed by atoms with Crippen LogP contribution in [0.2, 0.25) is 10.0 Å². The largest absolute Gasteiger partial charge is 0.619 e. The quantitative estimate of drug-likeness (QED) is 0.0943. The predicted molar refractivity (Wildman–Crippen MR) is 194 cm³/mol. The molecule has 0 unspecified atom stereocenters. The van der Waals surface area contributed by atoms with Crippen molar-refractivity contribution >= 4 is 41.0 Å². The van der Waals surface area contributed by atoms with Crippen molar-refractivity contribution in [2.45, 2.75) is 38.0 Å². The molecule has 3 aromatic carbocycles. The van der Waals surface area contributed by atoms with Crippen molar-refractivity contribution in [1.82, 2.24) is 4.90 Å². The standard InChI is InChI=1S/C38H39Cl2N3O9/c1-48-27-8-9-32(44)31(17-27)43(38(46)52-36-22-41-13-11-24(36)12-14-41)19-23-5-4-6-26(15-23)37(45)51-34(18-28-29(39)20-42(47)21-30(28)40)25-7-10-33(49-2)35(16-25)50-3/h4-10,15-17,20-21,24,34,36,44H,11-14,18-19,22H2,1-3H3/t34-,36-/m0/s1. The van der Waals surface area contributed by atoms with E-state index in [0.717, 1.165) is 25.9 Å². The van der Waals surface area contributed by atoms with Gasteiger partial charge in [0, 0.05) is 24.6 Å². The highest BCUT2D eigenvalue weighted by atomic mass is 35.5. The minimum absolute atomic E-state index is 0.0355. The van der Waals surface area contributed by atoms with Gasteiger partial charge < -0.3 is 34.0 Å². The molecule has 3 fully saturated rings. The number of piperidine rings is 3. The van der Waals surface area contributed by atoms with Crippen molar-refractivity contribution in [2.75, 3.05) is 45.9 Å². The summed E-state index contributed by atoms with van der Waals surface area (Å²) in [6.45, 7) is 2.60. The maximum absolute atomic E-state index is 13.9. The molecule has 7 rings (SSSR count). The average Bonchev–Trinajstić information content (AvgIpc) is 3.15. The fourth-order valence-corrected chi connectivity index (χ4v) is 7.30. The number of ether oxygens (including phenoxy) is 5. The molecular formula is C38H39Cl2N3O9. The molecular weight excluding hydrogens is 713 g/mol. The monoisotopic (exact) mass is 751 g/mol. The highest BCUT2D eigenvalue weighted by Crippen LogP contribution is 2.37. The van der Waals surface area contributed by atoms with E-state index < -0.39 is 18.2 Å². The Labute approximate surface area is 311 Å². The molecule has 1 amide bonds. The van der Waals surface area contributed by atoms with E-state index in [4.69, 9.17) is 46.9 Å². The number of benzene rings is 3. The summed E-state index contributed by atoms with van der Waals surface area (Å²) in [6, 6.07) is 16.4. The van der Waals surface area contributed by atoms with Crippen LogP contribution in [0.1, 0.15) is 46.0 Å². The van der Waals surface area contributed by atoms with Gasteiger partial charge in [-0.3, -0.25) is 9.80 Å². The van der Waals surface area contributed by atoms with Crippen LogP contribution in [0.5, 0.6) is 23.0 Å². The van der Waals surface area contributed by atoms with E-state index in [0.29, 0.717) is 45.2 Å². The van der Waals surface area contributed by atoms with E-state index in [-0.39, 0.29) is 52.0 Å². The van der Waals surface area contributed by atoms with Gasteiger partial charge in [-0.2, -0.15) is 4.73 Å². The summed E-state index contributed by atoms with van der Waals surface area (Å²) < 4.78 is 29.0. The maximum atomic E-state index is 13.9. The summed E-state index contributed by atoms with van der Waals surface area (Å²) in [5, 5.41) is 23.0. The van der Waals surface area contributed by atoms with Crippen molar-refractivity contribution in [3.05, 3.63) is 111 Å². The Kier molecular flexibility index (Phi) is 11.5. The predicted octanol–water partition coefficient (Wildman–Crippen LogP) is 6.74. The van der Waals surface area contributed by atoms with Gasteiger partial charge in [0.2, 0.25) is 0 Å². The molecule has 12 nitrogen and oxygen atoms in total. The zero-order valence-electron chi connectivity index (χ0n) is 28.9. The second-order valence-corrected chi connectivity index (χ2v) is 13.5. The first-order valence-corrected chi connectivity index (χ1v) is 17.5. The van der Waals surface area contributed by atoms with Crippen LogP contribution < -0.4 is 23.8 Å². The zero-order valence-corrected chi connectivity index (χ0v) is 30.4. The van der Waals surface area contributed by atoms with Crippen molar-refractivity contribution in [2.24, 2.45) is 5.92 Å². The molecule has 0 radical (unpaired) electrons. The number of hydrogen-bond donors (Lipinski definition) is 1. The number of aromatic hydroxyl groups is 1. The van der Waals surface area contributed by atoms with E-state index in [2.05, 4.69) is 4.90 Å². The molecule has 14 heteroatoms. The van der Waals surface area contributed by atoms with Crippen LogP contribution in [-0.2, 0) is 22.4 Å². The van der Waals surface area contributed by atoms with Gasteiger partial charge in [0.15, 0.2) is 23.9 Å². The normalized spacial score (nSPS) is 18.3. The molecule has 4 heterocycles. The van der Waals surface area contributed by atoms with Crippen LogP contribution in [0.25, 0.3) is 0 Å².